The molecule has 2 rings (SSSR count). The van der Waals surface area contributed by atoms with Crippen molar-refractivity contribution in [2.24, 2.45) is 0 Å². The Labute approximate surface area is 76.6 Å². The van der Waals surface area contributed by atoms with Crippen LogP contribution >= 0.6 is 11.6 Å². The lowest BCUT2D eigenvalue weighted by molar-refractivity contribution is -0.129. The number of likely N-dealkylation sites (tertiary alicyclic amines) is 1. The highest BCUT2D eigenvalue weighted by molar-refractivity contribution is 6.22. The number of alkyl halides is 1. The fourth-order valence-corrected chi connectivity index (χ4v) is 2.09. The third-order valence-electron chi connectivity index (χ3n) is 2.46. The van der Waals surface area contributed by atoms with Gasteiger partial charge in [-0.2, -0.15) is 0 Å². The minimum Gasteiger partial charge on any atom is -0.379 e. The third kappa shape index (κ3) is 1.43. The molecule has 3 nitrogen and oxygen atoms in total. The van der Waals surface area contributed by atoms with E-state index in [9.17, 15) is 4.79 Å². The van der Waals surface area contributed by atoms with Crippen molar-refractivity contribution in [3.63, 3.8) is 0 Å². The van der Waals surface area contributed by atoms with Gasteiger partial charge in [-0.15, -0.1) is 11.6 Å². The molecule has 68 valence electrons. The summed E-state index contributed by atoms with van der Waals surface area (Å²) in [5, 5.41) is 0.0121. The van der Waals surface area contributed by atoms with E-state index < -0.39 is 0 Å². The molecule has 1 unspecified atom stereocenters. The van der Waals surface area contributed by atoms with Crippen LogP contribution in [0.5, 0.6) is 0 Å². The predicted octanol–water partition coefficient (Wildman–Crippen LogP) is 0.615. The van der Waals surface area contributed by atoms with Gasteiger partial charge in [0.05, 0.1) is 18.0 Å². The summed E-state index contributed by atoms with van der Waals surface area (Å²) in [5.74, 6) is 0.186. The molecular weight excluding hydrogens is 178 g/mol. The molecule has 0 bridgehead atoms. The highest BCUT2D eigenvalue weighted by Crippen LogP contribution is 2.22. The van der Waals surface area contributed by atoms with Crippen molar-refractivity contribution >= 4 is 17.5 Å². The number of carbonyl (C=O) groups is 1. The van der Waals surface area contributed by atoms with E-state index in [-0.39, 0.29) is 11.3 Å². The van der Waals surface area contributed by atoms with E-state index in [0.717, 1.165) is 13.0 Å². The minimum atomic E-state index is 0.0121. The van der Waals surface area contributed by atoms with Gasteiger partial charge in [-0.05, 0) is 6.42 Å². The van der Waals surface area contributed by atoms with Crippen LogP contribution < -0.4 is 0 Å². The van der Waals surface area contributed by atoms with Crippen molar-refractivity contribution in [2.75, 3.05) is 19.8 Å². The molecule has 2 atom stereocenters. The Morgan fingerprint density at radius 1 is 1.58 bits per heavy atom. The lowest BCUT2D eigenvalue weighted by Crippen LogP contribution is -2.36. The molecule has 12 heavy (non-hydrogen) atoms. The summed E-state index contributed by atoms with van der Waals surface area (Å²) in [6, 6.07) is 0.293. The number of hydrogen-bond acceptors (Lipinski definition) is 2. The maximum atomic E-state index is 11.4. The van der Waals surface area contributed by atoms with Crippen LogP contribution in [0.3, 0.4) is 0 Å². The first-order chi connectivity index (χ1) is 5.77. The molecule has 0 aliphatic carbocycles. The summed E-state index contributed by atoms with van der Waals surface area (Å²) in [6.07, 6.45) is 1.47. The number of nitrogens with zero attached hydrogens (tertiary/aromatic N) is 1. The average molecular weight is 190 g/mol. The first kappa shape index (κ1) is 8.32. The summed E-state index contributed by atoms with van der Waals surface area (Å²) in [6.45, 7) is 2.17. The van der Waals surface area contributed by atoms with Gasteiger partial charge in [0, 0.05) is 19.6 Å². The minimum absolute atomic E-state index is 0.0121. The van der Waals surface area contributed by atoms with Crippen LogP contribution in [-0.2, 0) is 9.53 Å². The molecule has 2 saturated heterocycles. The van der Waals surface area contributed by atoms with Gasteiger partial charge in [0.1, 0.15) is 0 Å². The summed E-state index contributed by atoms with van der Waals surface area (Å²) < 4.78 is 5.22. The maximum Gasteiger partial charge on any atom is 0.224 e. The fourth-order valence-electron chi connectivity index (χ4n) is 1.81. The van der Waals surface area contributed by atoms with Crippen molar-refractivity contribution in [2.45, 2.75) is 24.3 Å². The van der Waals surface area contributed by atoms with Gasteiger partial charge in [0.15, 0.2) is 0 Å². The van der Waals surface area contributed by atoms with Gasteiger partial charge in [-0.25, -0.2) is 0 Å². The van der Waals surface area contributed by atoms with Crippen LogP contribution in [0.2, 0.25) is 0 Å². The van der Waals surface area contributed by atoms with Gasteiger partial charge in [0.2, 0.25) is 5.91 Å². The van der Waals surface area contributed by atoms with Gasteiger partial charge < -0.3 is 9.64 Å². The quantitative estimate of drug-likeness (QED) is 0.566. The Morgan fingerprint density at radius 3 is 2.92 bits per heavy atom. The van der Waals surface area contributed by atoms with Crippen LogP contribution in [0.1, 0.15) is 12.8 Å². The Hall–Kier alpha value is -0.280. The molecule has 0 radical (unpaired) electrons. The molecule has 0 saturated carbocycles. The van der Waals surface area contributed by atoms with E-state index in [2.05, 4.69) is 0 Å². The molecule has 0 spiro atoms. The molecule has 0 N–H and O–H groups in total. The zero-order valence-electron chi connectivity index (χ0n) is 6.83. The number of rotatable bonds is 1. The summed E-state index contributed by atoms with van der Waals surface area (Å²) in [7, 11) is 0. The molecule has 2 aliphatic heterocycles. The number of carbonyl (C=O) groups excluding carboxylic acids is 1. The van der Waals surface area contributed by atoms with Crippen LogP contribution in [0.15, 0.2) is 0 Å². The first-order valence-corrected chi connectivity index (χ1v) is 4.72. The first-order valence-electron chi connectivity index (χ1n) is 4.28. The van der Waals surface area contributed by atoms with Crippen LogP contribution in [0, 0.1) is 0 Å². The Kier molecular flexibility index (Phi) is 2.24. The molecular formula is C8H12ClNO2. The Balaban J connectivity index is 1.98. The molecule has 0 aromatic carbocycles. The summed E-state index contributed by atoms with van der Waals surface area (Å²) in [4.78, 5) is 13.2. The maximum absolute atomic E-state index is 11.4. The molecule has 0 aromatic rings. The van der Waals surface area contributed by atoms with Gasteiger partial charge in [-0.3, -0.25) is 4.79 Å². The van der Waals surface area contributed by atoms with Gasteiger partial charge >= 0.3 is 0 Å². The fraction of sp³-hybridized carbons (Fsp3) is 0.875. The normalized spacial score (nSPS) is 36.4. The standard InChI is InChI=1S/C8H12ClNO2/c9-6-3-8(11)10(4-6)7-1-2-12-5-7/h6-7H,1-5H2/t6?,7-/m1/s1. The molecule has 2 aliphatic rings. The van der Waals surface area contributed by atoms with Crippen molar-refractivity contribution in [1.82, 2.24) is 4.90 Å². The molecule has 1 amide bonds. The Morgan fingerprint density at radius 2 is 2.42 bits per heavy atom. The average Bonchev–Trinajstić information content (AvgIpc) is 2.58. The third-order valence-corrected chi connectivity index (χ3v) is 2.75. The monoisotopic (exact) mass is 189 g/mol. The van der Waals surface area contributed by atoms with Gasteiger partial charge in [-0.1, -0.05) is 0 Å². The lowest BCUT2D eigenvalue weighted by Gasteiger charge is -2.21. The molecule has 4 heteroatoms. The molecule has 2 heterocycles. The van der Waals surface area contributed by atoms with Crippen molar-refractivity contribution in [3.8, 4) is 0 Å². The Bertz CT molecular complexity index is 191. The van der Waals surface area contributed by atoms with E-state index in [0.29, 0.717) is 25.6 Å². The molecule has 0 aromatic heterocycles. The van der Waals surface area contributed by atoms with Crippen molar-refractivity contribution in [3.05, 3.63) is 0 Å². The number of ether oxygens (including phenoxy) is 1. The highest BCUT2D eigenvalue weighted by Gasteiger charge is 2.34. The second kappa shape index (κ2) is 3.23. The summed E-state index contributed by atoms with van der Waals surface area (Å²) in [5.41, 5.74) is 0. The van der Waals surface area contributed by atoms with Crippen molar-refractivity contribution < 1.29 is 9.53 Å². The predicted molar refractivity (Wildman–Crippen MR) is 45.2 cm³/mol. The van der Waals surface area contributed by atoms with E-state index in [1.807, 2.05) is 4.90 Å². The van der Waals surface area contributed by atoms with E-state index >= 15 is 0 Å². The zero-order valence-corrected chi connectivity index (χ0v) is 7.59. The SMILES string of the molecule is O=C1CC(Cl)CN1[C@@H]1CCOC1. The van der Waals surface area contributed by atoms with Gasteiger partial charge in [0.25, 0.3) is 0 Å². The molecule has 2 fully saturated rings. The lowest BCUT2D eigenvalue weighted by atomic mass is 10.2. The number of hydrogen-bond donors (Lipinski definition) is 0. The zero-order chi connectivity index (χ0) is 8.55. The largest absolute Gasteiger partial charge is 0.379 e. The van der Waals surface area contributed by atoms with E-state index in [4.69, 9.17) is 16.3 Å². The van der Waals surface area contributed by atoms with Crippen LogP contribution in [-0.4, -0.2) is 42.0 Å². The van der Waals surface area contributed by atoms with E-state index in [1.54, 1.807) is 0 Å². The number of amides is 1. The van der Waals surface area contributed by atoms with E-state index in [1.165, 1.54) is 0 Å². The second-order valence-electron chi connectivity index (χ2n) is 3.36. The van der Waals surface area contributed by atoms with Crippen LogP contribution in [0.4, 0.5) is 0 Å². The smallest absolute Gasteiger partial charge is 0.224 e. The van der Waals surface area contributed by atoms with Crippen LogP contribution in [0.25, 0.3) is 0 Å². The van der Waals surface area contributed by atoms with Crippen molar-refractivity contribution in [1.29, 1.82) is 0 Å². The highest BCUT2D eigenvalue weighted by atomic mass is 35.5. The second-order valence-corrected chi connectivity index (χ2v) is 3.98. The number of halogens is 1. The summed E-state index contributed by atoms with van der Waals surface area (Å²) >= 11 is 5.88. The topological polar surface area (TPSA) is 29.5 Å².